The lowest BCUT2D eigenvalue weighted by molar-refractivity contribution is -0.384. The van der Waals surface area contributed by atoms with Gasteiger partial charge in [-0.25, -0.2) is 4.39 Å². The van der Waals surface area contributed by atoms with E-state index in [0.717, 1.165) is 18.2 Å². The van der Waals surface area contributed by atoms with E-state index in [1.165, 1.54) is 0 Å². The molecular formula is C9H12FN3O2. The van der Waals surface area contributed by atoms with Gasteiger partial charge in [0.2, 0.25) is 0 Å². The molecule has 1 aromatic carbocycles. The Morgan fingerprint density at radius 3 is 2.80 bits per heavy atom. The lowest BCUT2D eigenvalue weighted by Crippen LogP contribution is -2.18. The zero-order valence-electron chi connectivity index (χ0n) is 8.29. The predicted molar refractivity (Wildman–Crippen MR) is 55.5 cm³/mol. The highest BCUT2D eigenvalue weighted by Gasteiger charge is 2.13. The first-order valence-corrected chi connectivity index (χ1v) is 4.47. The van der Waals surface area contributed by atoms with Crippen LogP contribution in [0.5, 0.6) is 0 Å². The molecule has 15 heavy (non-hydrogen) atoms. The quantitative estimate of drug-likeness (QED) is 0.440. The van der Waals surface area contributed by atoms with E-state index in [-0.39, 0.29) is 11.4 Å². The molecule has 0 fully saturated rings. The van der Waals surface area contributed by atoms with Gasteiger partial charge in [0.1, 0.15) is 11.5 Å². The van der Waals surface area contributed by atoms with Crippen molar-refractivity contribution in [2.24, 2.45) is 0 Å². The molecule has 1 aromatic rings. The summed E-state index contributed by atoms with van der Waals surface area (Å²) in [5.41, 5.74) is 0.0859. The van der Waals surface area contributed by atoms with Gasteiger partial charge in [0.25, 0.3) is 5.69 Å². The van der Waals surface area contributed by atoms with Crippen molar-refractivity contribution in [2.45, 2.75) is 0 Å². The normalized spacial score (nSPS) is 10.0. The van der Waals surface area contributed by atoms with Gasteiger partial charge in [0, 0.05) is 25.2 Å². The number of likely N-dealkylation sites (N-methyl/N-ethyl adjacent to an activating group) is 1. The van der Waals surface area contributed by atoms with Gasteiger partial charge < -0.3 is 10.6 Å². The average Bonchev–Trinajstić information content (AvgIpc) is 2.18. The molecule has 0 saturated carbocycles. The molecule has 0 atom stereocenters. The molecule has 0 amide bonds. The fraction of sp³-hybridized carbons (Fsp3) is 0.333. The van der Waals surface area contributed by atoms with E-state index in [4.69, 9.17) is 0 Å². The Hall–Kier alpha value is -1.69. The van der Waals surface area contributed by atoms with E-state index in [2.05, 4.69) is 10.6 Å². The van der Waals surface area contributed by atoms with Gasteiger partial charge in [0.05, 0.1) is 4.92 Å². The third-order valence-electron chi connectivity index (χ3n) is 1.85. The van der Waals surface area contributed by atoms with Crippen molar-refractivity contribution in [1.82, 2.24) is 5.32 Å². The minimum absolute atomic E-state index is 0.118. The first-order chi connectivity index (χ1) is 7.15. The van der Waals surface area contributed by atoms with Gasteiger partial charge in [-0.15, -0.1) is 0 Å². The first-order valence-electron chi connectivity index (χ1n) is 4.47. The van der Waals surface area contributed by atoms with Crippen molar-refractivity contribution in [3.8, 4) is 0 Å². The molecule has 6 heteroatoms. The molecule has 0 bridgehead atoms. The van der Waals surface area contributed by atoms with E-state index in [1.807, 2.05) is 0 Å². The summed E-state index contributed by atoms with van der Waals surface area (Å²) >= 11 is 0. The number of halogens is 1. The Kier molecular flexibility index (Phi) is 3.99. The summed E-state index contributed by atoms with van der Waals surface area (Å²) in [7, 11) is 1.77. The minimum Gasteiger partial charge on any atom is -0.378 e. The molecule has 5 nitrogen and oxygen atoms in total. The number of nitro groups is 1. The molecule has 0 radical (unpaired) electrons. The summed E-state index contributed by atoms with van der Waals surface area (Å²) < 4.78 is 12.8. The van der Waals surface area contributed by atoms with Crippen molar-refractivity contribution in [3.63, 3.8) is 0 Å². The summed E-state index contributed by atoms with van der Waals surface area (Å²) in [6, 6.07) is 3.34. The van der Waals surface area contributed by atoms with Crippen LogP contribution in [0.2, 0.25) is 0 Å². The summed E-state index contributed by atoms with van der Waals surface area (Å²) in [4.78, 5) is 10.1. The molecular weight excluding hydrogens is 201 g/mol. The monoisotopic (exact) mass is 213 g/mol. The lowest BCUT2D eigenvalue weighted by Gasteiger charge is -2.06. The number of benzene rings is 1. The number of hydrogen-bond acceptors (Lipinski definition) is 4. The van der Waals surface area contributed by atoms with Gasteiger partial charge in [-0.1, -0.05) is 0 Å². The maximum Gasteiger partial charge on any atom is 0.292 e. The summed E-state index contributed by atoms with van der Waals surface area (Å²) in [5.74, 6) is -0.493. The Morgan fingerprint density at radius 2 is 2.20 bits per heavy atom. The highest BCUT2D eigenvalue weighted by Crippen LogP contribution is 2.24. The number of rotatable bonds is 5. The molecule has 82 valence electrons. The lowest BCUT2D eigenvalue weighted by atomic mass is 10.2. The number of nitrogens with zero attached hydrogens (tertiary/aromatic N) is 1. The smallest absolute Gasteiger partial charge is 0.292 e. The first kappa shape index (κ1) is 11.4. The number of hydrogen-bond donors (Lipinski definition) is 2. The number of nitro benzene ring substituents is 1. The SMILES string of the molecule is CNCCNc1cc(F)ccc1[N+](=O)[O-]. The molecule has 0 aliphatic carbocycles. The molecule has 0 heterocycles. The van der Waals surface area contributed by atoms with Crippen molar-refractivity contribution < 1.29 is 9.31 Å². The fourth-order valence-electron chi connectivity index (χ4n) is 1.13. The van der Waals surface area contributed by atoms with Crippen LogP contribution in [0.1, 0.15) is 0 Å². The maximum absolute atomic E-state index is 12.8. The van der Waals surface area contributed by atoms with Gasteiger partial charge in [-0.05, 0) is 13.1 Å². The van der Waals surface area contributed by atoms with Crippen molar-refractivity contribution in [1.29, 1.82) is 0 Å². The molecule has 0 saturated heterocycles. The maximum atomic E-state index is 12.8. The van der Waals surface area contributed by atoms with Crippen LogP contribution in [0, 0.1) is 15.9 Å². The van der Waals surface area contributed by atoms with Crippen molar-refractivity contribution in [3.05, 3.63) is 34.1 Å². The predicted octanol–water partition coefficient (Wildman–Crippen LogP) is 1.37. The second-order valence-electron chi connectivity index (χ2n) is 2.95. The summed E-state index contributed by atoms with van der Waals surface area (Å²) in [5, 5.41) is 16.3. The summed E-state index contributed by atoms with van der Waals surface area (Å²) in [6.45, 7) is 1.15. The fourth-order valence-corrected chi connectivity index (χ4v) is 1.13. The van der Waals surface area contributed by atoms with Crippen LogP contribution in [0.4, 0.5) is 15.8 Å². The van der Waals surface area contributed by atoms with Crippen LogP contribution in [-0.4, -0.2) is 25.1 Å². The second-order valence-corrected chi connectivity index (χ2v) is 2.95. The standard InChI is InChI=1S/C9H12FN3O2/c1-11-4-5-12-8-6-7(10)2-3-9(8)13(14)15/h2-3,6,11-12H,4-5H2,1H3. The highest BCUT2D eigenvalue weighted by molar-refractivity contribution is 5.61. The third-order valence-corrected chi connectivity index (χ3v) is 1.85. The Balaban J connectivity index is 2.82. The average molecular weight is 213 g/mol. The molecule has 0 aliphatic rings. The molecule has 0 aliphatic heterocycles. The largest absolute Gasteiger partial charge is 0.378 e. The van der Waals surface area contributed by atoms with Crippen LogP contribution >= 0.6 is 0 Å². The van der Waals surface area contributed by atoms with E-state index in [1.54, 1.807) is 7.05 Å². The number of anilines is 1. The van der Waals surface area contributed by atoms with Crippen LogP contribution < -0.4 is 10.6 Å². The Bertz CT molecular complexity index is 357. The molecule has 1 rings (SSSR count). The Morgan fingerprint density at radius 1 is 1.47 bits per heavy atom. The number of nitrogens with one attached hydrogen (secondary N) is 2. The van der Waals surface area contributed by atoms with Crippen LogP contribution in [0.25, 0.3) is 0 Å². The van der Waals surface area contributed by atoms with Gasteiger partial charge in [-0.2, -0.15) is 0 Å². The van der Waals surface area contributed by atoms with Crippen molar-refractivity contribution in [2.75, 3.05) is 25.5 Å². The van der Waals surface area contributed by atoms with Gasteiger partial charge >= 0.3 is 0 Å². The molecule has 0 aromatic heterocycles. The zero-order chi connectivity index (χ0) is 11.3. The zero-order valence-corrected chi connectivity index (χ0v) is 8.29. The summed E-state index contributed by atoms with van der Waals surface area (Å²) in [6.07, 6.45) is 0. The van der Waals surface area contributed by atoms with Gasteiger partial charge in [0.15, 0.2) is 0 Å². The Labute approximate surface area is 86.4 Å². The van der Waals surface area contributed by atoms with Crippen LogP contribution in [-0.2, 0) is 0 Å². The van der Waals surface area contributed by atoms with Crippen LogP contribution in [0.15, 0.2) is 18.2 Å². The van der Waals surface area contributed by atoms with Crippen LogP contribution in [0.3, 0.4) is 0 Å². The van der Waals surface area contributed by atoms with Crippen molar-refractivity contribution >= 4 is 11.4 Å². The molecule has 0 unspecified atom stereocenters. The molecule has 2 N–H and O–H groups in total. The van der Waals surface area contributed by atoms with E-state index in [0.29, 0.717) is 13.1 Å². The molecule has 0 spiro atoms. The second kappa shape index (κ2) is 5.26. The van der Waals surface area contributed by atoms with E-state index in [9.17, 15) is 14.5 Å². The van der Waals surface area contributed by atoms with E-state index < -0.39 is 10.7 Å². The topological polar surface area (TPSA) is 67.2 Å². The highest BCUT2D eigenvalue weighted by atomic mass is 19.1. The third kappa shape index (κ3) is 3.17. The minimum atomic E-state index is -0.541. The van der Waals surface area contributed by atoms with Gasteiger partial charge in [-0.3, -0.25) is 10.1 Å². The van der Waals surface area contributed by atoms with E-state index >= 15 is 0 Å².